The number of Topliss-reactive ketones (excluding diaryl/α,β-unsaturated/α-hetero) is 1. The number of nitrogens with zero attached hydrogens (tertiary/aromatic N) is 2. The van der Waals surface area contributed by atoms with Gasteiger partial charge in [-0.25, -0.2) is 9.97 Å². The van der Waals surface area contributed by atoms with Crippen LogP contribution in [0.25, 0.3) is 11.2 Å². The van der Waals surface area contributed by atoms with E-state index >= 15 is 0 Å². The van der Waals surface area contributed by atoms with E-state index in [1.54, 1.807) is 30.6 Å². The molecule has 0 spiro atoms. The van der Waals surface area contributed by atoms with Gasteiger partial charge in [-0.15, -0.1) is 0 Å². The lowest BCUT2D eigenvalue weighted by molar-refractivity contribution is 0.101. The monoisotopic (exact) mass is 292 g/mol. The quantitative estimate of drug-likeness (QED) is 0.573. The highest BCUT2D eigenvalue weighted by molar-refractivity contribution is 7.99. The molecule has 5 nitrogen and oxygen atoms in total. The third kappa shape index (κ3) is 2.64. The minimum absolute atomic E-state index is 0.0291. The molecule has 0 saturated carbocycles. The molecule has 3 aromatic rings. The molecule has 0 bridgehead atoms. The molecular weight excluding hydrogens is 284 g/mol. The van der Waals surface area contributed by atoms with Gasteiger partial charge in [0, 0.05) is 12.4 Å². The third-order valence-electron chi connectivity index (χ3n) is 2.52. The first-order valence-electron chi connectivity index (χ1n) is 5.53. The smallest absolute Gasteiger partial charge is 0.189 e. The average Bonchev–Trinajstić information content (AvgIpc) is 3.04. The molecule has 0 aromatic carbocycles. The maximum atomic E-state index is 11.8. The van der Waals surface area contributed by atoms with Gasteiger partial charge in [0.2, 0.25) is 0 Å². The number of aromatic amines is 2. The number of fused-ring (bicyclic) bond motifs is 1. The minimum atomic E-state index is 0.0291. The molecule has 0 atom stereocenters. The van der Waals surface area contributed by atoms with E-state index in [0.29, 0.717) is 27.3 Å². The number of nitrogens with one attached hydrogen (secondary N) is 2. The van der Waals surface area contributed by atoms with Crippen molar-refractivity contribution >= 4 is 40.3 Å². The maximum absolute atomic E-state index is 11.8. The zero-order valence-electron chi connectivity index (χ0n) is 9.68. The fourth-order valence-corrected chi connectivity index (χ4v) is 2.55. The van der Waals surface area contributed by atoms with Crippen LogP contribution in [-0.4, -0.2) is 31.5 Å². The van der Waals surface area contributed by atoms with Crippen molar-refractivity contribution in [3.05, 3.63) is 41.3 Å². The van der Waals surface area contributed by atoms with Gasteiger partial charge >= 0.3 is 0 Å². The second kappa shape index (κ2) is 5.07. The molecule has 3 heterocycles. The Bertz CT molecular complexity index is 722. The number of carbonyl (C=O) groups is 1. The summed E-state index contributed by atoms with van der Waals surface area (Å²) in [5, 5.41) is 1.21. The van der Waals surface area contributed by atoms with Crippen LogP contribution in [0.2, 0.25) is 5.02 Å². The van der Waals surface area contributed by atoms with Crippen LogP contribution in [0.1, 0.15) is 10.5 Å². The van der Waals surface area contributed by atoms with E-state index in [1.165, 1.54) is 11.8 Å². The summed E-state index contributed by atoms with van der Waals surface area (Å²) >= 11 is 7.19. The summed E-state index contributed by atoms with van der Waals surface area (Å²) in [5.41, 5.74) is 1.96. The fraction of sp³-hybridized carbons (Fsp3) is 0.0833. The van der Waals surface area contributed by atoms with Gasteiger partial charge in [-0.05, 0) is 18.2 Å². The number of aromatic nitrogens is 4. The van der Waals surface area contributed by atoms with E-state index in [-0.39, 0.29) is 5.78 Å². The normalized spacial score (nSPS) is 11.0. The van der Waals surface area contributed by atoms with Crippen molar-refractivity contribution in [3.8, 4) is 0 Å². The molecule has 19 heavy (non-hydrogen) atoms. The molecule has 0 radical (unpaired) electrons. The Balaban J connectivity index is 1.73. The number of rotatable bonds is 4. The largest absolute Gasteiger partial charge is 0.359 e. The second-order valence-electron chi connectivity index (χ2n) is 3.86. The van der Waals surface area contributed by atoms with Crippen LogP contribution in [-0.2, 0) is 0 Å². The van der Waals surface area contributed by atoms with Crippen molar-refractivity contribution in [2.45, 2.75) is 5.16 Å². The average molecular weight is 293 g/mol. The maximum Gasteiger partial charge on any atom is 0.189 e. The number of halogens is 1. The highest BCUT2D eigenvalue weighted by atomic mass is 35.5. The molecule has 0 aliphatic rings. The minimum Gasteiger partial charge on any atom is -0.359 e. The topological polar surface area (TPSA) is 74.4 Å². The lowest BCUT2D eigenvalue weighted by atomic mass is 10.3. The summed E-state index contributed by atoms with van der Waals surface area (Å²) in [6.45, 7) is 0. The van der Waals surface area contributed by atoms with Crippen molar-refractivity contribution in [1.82, 2.24) is 19.9 Å². The Morgan fingerprint density at radius 2 is 2.37 bits per heavy atom. The molecule has 0 unspecified atom stereocenters. The number of carbonyl (C=O) groups excluding carboxylic acids is 1. The molecule has 0 aliphatic carbocycles. The molecule has 0 saturated heterocycles. The number of hydrogen-bond donors (Lipinski definition) is 2. The molecular formula is C12H9ClN4OS. The summed E-state index contributed by atoms with van der Waals surface area (Å²) in [6, 6.07) is 5.31. The Hall–Kier alpha value is -1.79. The first-order valence-corrected chi connectivity index (χ1v) is 6.89. The van der Waals surface area contributed by atoms with Crippen molar-refractivity contribution in [1.29, 1.82) is 0 Å². The van der Waals surface area contributed by atoms with Gasteiger partial charge in [0.15, 0.2) is 16.6 Å². The van der Waals surface area contributed by atoms with Crippen molar-refractivity contribution in [3.63, 3.8) is 0 Å². The zero-order chi connectivity index (χ0) is 13.2. The van der Waals surface area contributed by atoms with Crippen LogP contribution in [0.5, 0.6) is 0 Å². The van der Waals surface area contributed by atoms with Gasteiger partial charge in [0.05, 0.1) is 22.0 Å². The third-order valence-corrected chi connectivity index (χ3v) is 3.60. The Kier molecular flexibility index (Phi) is 3.27. The van der Waals surface area contributed by atoms with E-state index in [2.05, 4.69) is 19.9 Å². The van der Waals surface area contributed by atoms with Gasteiger partial charge in [0.25, 0.3) is 0 Å². The summed E-state index contributed by atoms with van der Waals surface area (Å²) in [4.78, 5) is 26.2. The van der Waals surface area contributed by atoms with E-state index < -0.39 is 0 Å². The van der Waals surface area contributed by atoms with Gasteiger partial charge in [-0.3, -0.25) is 4.79 Å². The molecule has 0 aliphatic heterocycles. The second-order valence-corrected chi connectivity index (χ2v) is 5.26. The van der Waals surface area contributed by atoms with Crippen molar-refractivity contribution in [2.75, 3.05) is 5.75 Å². The predicted molar refractivity (Wildman–Crippen MR) is 74.7 cm³/mol. The van der Waals surface area contributed by atoms with Crippen molar-refractivity contribution < 1.29 is 4.79 Å². The number of imidazole rings is 1. The van der Waals surface area contributed by atoms with E-state index in [4.69, 9.17) is 11.6 Å². The van der Waals surface area contributed by atoms with E-state index in [0.717, 1.165) is 5.52 Å². The zero-order valence-corrected chi connectivity index (χ0v) is 11.3. The summed E-state index contributed by atoms with van der Waals surface area (Å²) in [6.07, 6.45) is 3.27. The summed E-state index contributed by atoms with van der Waals surface area (Å²) in [7, 11) is 0. The van der Waals surface area contributed by atoms with Crippen molar-refractivity contribution in [2.24, 2.45) is 0 Å². The number of H-pyrrole nitrogens is 2. The van der Waals surface area contributed by atoms with Crippen LogP contribution in [0.15, 0.2) is 35.7 Å². The van der Waals surface area contributed by atoms with Gasteiger partial charge < -0.3 is 9.97 Å². The standard InChI is InChI=1S/C12H9ClN4OS/c13-7-4-9-11(15-5-7)17-12(16-9)19-6-10(18)8-2-1-3-14-8/h1-5,14H,6H2,(H,15,16,17). The first kappa shape index (κ1) is 12.3. The molecule has 2 N–H and O–H groups in total. The Morgan fingerprint density at radius 3 is 3.16 bits per heavy atom. The fourth-order valence-electron chi connectivity index (χ4n) is 1.64. The number of thioether (sulfide) groups is 1. The lowest BCUT2D eigenvalue weighted by Gasteiger charge is -1.95. The summed E-state index contributed by atoms with van der Waals surface area (Å²) < 4.78 is 0. The predicted octanol–water partition coefficient (Wildman–Crippen LogP) is 2.91. The number of hydrogen-bond acceptors (Lipinski definition) is 4. The molecule has 0 fully saturated rings. The number of pyridine rings is 1. The van der Waals surface area contributed by atoms with Gasteiger partial charge in [-0.1, -0.05) is 23.4 Å². The van der Waals surface area contributed by atoms with Gasteiger partial charge in [0.1, 0.15) is 0 Å². The number of ketones is 1. The lowest BCUT2D eigenvalue weighted by Crippen LogP contribution is -2.02. The van der Waals surface area contributed by atoms with Crippen LogP contribution in [0.4, 0.5) is 0 Å². The van der Waals surface area contributed by atoms with Crippen LogP contribution in [0.3, 0.4) is 0 Å². The first-order chi connectivity index (χ1) is 9.22. The molecule has 96 valence electrons. The van der Waals surface area contributed by atoms with Gasteiger partial charge in [-0.2, -0.15) is 0 Å². The van der Waals surface area contributed by atoms with Crippen LogP contribution in [0, 0.1) is 0 Å². The van der Waals surface area contributed by atoms with E-state index in [1.807, 2.05) is 0 Å². The summed E-state index contributed by atoms with van der Waals surface area (Å²) in [5.74, 6) is 0.343. The molecule has 3 aromatic heterocycles. The highest BCUT2D eigenvalue weighted by Gasteiger charge is 2.10. The molecule has 0 amide bonds. The van der Waals surface area contributed by atoms with E-state index in [9.17, 15) is 4.79 Å². The van der Waals surface area contributed by atoms with Crippen LogP contribution >= 0.6 is 23.4 Å². The highest BCUT2D eigenvalue weighted by Crippen LogP contribution is 2.21. The Morgan fingerprint density at radius 1 is 1.47 bits per heavy atom. The van der Waals surface area contributed by atoms with Crippen LogP contribution < -0.4 is 0 Å². The molecule has 7 heteroatoms. The Labute approximate surface area is 117 Å². The molecule has 3 rings (SSSR count). The SMILES string of the molecule is O=C(CSc1nc2ncc(Cl)cc2[nH]1)c1ccc[nH]1.